The van der Waals surface area contributed by atoms with Gasteiger partial charge in [-0.05, 0) is 34.1 Å². The largest absolute Gasteiger partial charge is 0.435 e. The monoisotopic (exact) mass is 330 g/mol. The highest BCUT2D eigenvalue weighted by Gasteiger charge is 2.09. The summed E-state index contributed by atoms with van der Waals surface area (Å²) in [5.74, 6) is -0.389. The molecule has 0 unspecified atom stereocenters. The molecule has 2 N–H and O–H groups in total. The standard InChI is InChI=1S/C12H9BrF2N2O2/c13-7-4-10(16-6-7)11(18)17-8-2-1-3-9(5-8)19-12(14)15/h1-6,12,16H,(H,17,18). The Labute approximate surface area is 115 Å². The zero-order chi connectivity index (χ0) is 13.8. The van der Waals surface area contributed by atoms with Gasteiger partial charge in [0.05, 0.1) is 0 Å². The van der Waals surface area contributed by atoms with Gasteiger partial charge in [0, 0.05) is 22.4 Å². The van der Waals surface area contributed by atoms with Gasteiger partial charge in [0.15, 0.2) is 0 Å². The van der Waals surface area contributed by atoms with E-state index in [9.17, 15) is 13.6 Å². The Morgan fingerprint density at radius 2 is 2.16 bits per heavy atom. The Morgan fingerprint density at radius 3 is 2.79 bits per heavy atom. The van der Waals surface area contributed by atoms with E-state index in [0.717, 1.165) is 4.47 Å². The Kier molecular flexibility index (Phi) is 4.16. The number of halogens is 3. The van der Waals surface area contributed by atoms with Crippen LogP contribution in [0.15, 0.2) is 41.0 Å². The van der Waals surface area contributed by atoms with E-state index < -0.39 is 6.61 Å². The molecule has 0 aliphatic carbocycles. The van der Waals surface area contributed by atoms with E-state index in [4.69, 9.17) is 0 Å². The highest BCUT2D eigenvalue weighted by molar-refractivity contribution is 9.10. The van der Waals surface area contributed by atoms with Crippen LogP contribution in [0, 0.1) is 0 Å². The molecule has 2 aromatic rings. The molecule has 2 rings (SSSR count). The van der Waals surface area contributed by atoms with Gasteiger partial charge in [0.2, 0.25) is 0 Å². The van der Waals surface area contributed by atoms with Crippen molar-refractivity contribution in [2.24, 2.45) is 0 Å². The number of alkyl halides is 2. The highest BCUT2D eigenvalue weighted by atomic mass is 79.9. The molecule has 0 bridgehead atoms. The number of rotatable bonds is 4. The van der Waals surface area contributed by atoms with E-state index in [1.54, 1.807) is 18.3 Å². The maximum Gasteiger partial charge on any atom is 0.387 e. The summed E-state index contributed by atoms with van der Waals surface area (Å²) in [4.78, 5) is 14.6. The third-order valence-corrected chi connectivity index (χ3v) is 2.67. The molecule has 0 aliphatic heterocycles. The fraction of sp³-hybridized carbons (Fsp3) is 0.0833. The number of carbonyl (C=O) groups is 1. The quantitative estimate of drug-likeness (QED) is 0.899. The number of anilines is 1. The number of benzene rings is 1. The van der Waals surface area contributed by atoms with Crippen LogP contribution in [-0.4, -0.2) is 17.5 Å². The van der Waals surface area contributed by atoms with E-state index in [2.05, 4.69) is 31.0 Å². The minimum atomic E-state index is -2.90. The smallest absolute Gasteiger partial charge is 0.387 e. The Morgan fingerprint density at radius 1 is 1.37 bits per heavy atom. The minimum Gasteiger partial charge on any atom is -0.435 e. The molecular formula is C12H9BrF2N2O2. The molecule has 1 amide bonds. The summed E-state index contributed by atoms with van der Waals surface area (Å²) < 4.78 is 29.1. The lowest BCUT2D eigenvalue weighted by atomic mass is 10.3. The first-order chi connectivity index (χ1) is 9.04. The van der Waals surface area contributed by atoms with E-state index in [1.807, 2.05) is 0 Å². The van der Waals surface area contributed by atoms with Crippen molar-refractivity contribution >= 4 is 27.5 Å². The van der Waals surface area contributed by atoms with Crippen molar-refractivity contribution in [3.05, 3.63) is 46.7 Å². The molecule has 0 atom stereocenters. The SMILES string of the molecule is O=C(Nc1cccc(OC(F)F)c1)c1cc(Br)c[nH]1. The van der Waals surface area contributed by atoms with Crippen LogP contribution in [0.4, 0.5) is 14.5 Å². The molecule has 0 spiro atoms. The predicted molar refractivity (Wildman–Crippen MR) is 69.5 cm³/mol. The van der Waals surface area contributed by atoms with Gasteiger partial charge in [0.25, 0.3) is 5.91 Å². The lowest BCUT2D eigenvalue weighted by molar-refractivity contribution is -0.0497. The third-order valence-electron chi connectivity index (χ3n) is 2.21. The molecule has 0 saturated heterocycles. The molecule has 19 heavy (non-hydrogen) atoms. The number of aromatic amines is 1. The van der Waals surface area contributed by atoms with E-state index in [-0.39, 0.29) is 11.7 Å². The highest BCUT2D eigenvalue weighted by Crippen LogP contribution is 2.20. The van der Waals surface area contributed by atoms with Crippen LogP contribution in [0.25, 0.3) is 0 Å². The third kappa shape index (κ3) is 3.78. The number of amides is 1. The average molecular weight is 331 g/mol. The molecule has 7 heteroatoms. The predicted octanol–water partition coefficient (Wildman–Crippen LogP) is 3.63. The lowest BCUT2D eigenvalue weighted by Crippen LogP contribution is -2.12. The van der Waals surface area contributed by atoms with Crippen LogP contribution >= 0.6 is 15.9 Å². The maximum absolute atomic E-state index is 12.1. The number of hydrogen-bond acceptors (Lipinski definition) is 2. The maximum atomic E-state index is 12.1. The molecule has 100 valence electrons. The van der Waals surface area contributed by atoms with Crippen LogP contribution in [0.5, 0.6) is 5.75 Å². The second-order valence-corrected chi connectivity index (χ2v) is 4.51. The molecule has 0 saturated carbocycles. The molecule has 0 aliphatic rings. The van der Waals surface area contributed by atoms with Gasteiger partial charge in [-0.25, -0.2) is 0 Å². The zero-order valence-electron chi connectivity index (χ0n) is 9.49. The fourth-order valence-electron chi connectivity index (χ4n) is 1.45. The first kappa shape index (κ1) is 13.5. The van der Waals surface area contributed by atoms with Crippen LogP contribution in [0.1, 0.15) is 10.5 Å². The Balaban J connectivity index is 2.08. The van der Waals surface area contributed by atoms with Crippen molar-refractivity contribution in [3.8, 4) is 5.75 Å². The second kappa shape index (κ2) is 5.83. The summed E-state index contributed by atoms with van der Waals surface area (Å²) >= 11 is 3.21. The average Bonchev–Trinajstić information content (AvgIpc) is 2.75. The van der Waals surface area contributed by atoms with Crippen molar-refractivity contribution < 1.29 is 18.3 Å². The molecule has 0 radical (unpaired) electrons. The Hall–Kier alpha value is -1.89. The molecule has 1 aromatic carbocycles. The van der Waals surface area contributed by atoms with Crippen molar-refractivity contribution in [3.63, 3.8) is 0 Å². The lowest BCUT2D eigenvalue weighted by Gasteiger charge is -2.07. The molecule has 0 fully saturated rings. The second-order valence-electron chi connectivity index (χ2n) is 3.59. The number of aromatic nitrogens is 1. The van der Waals surface area contributed by atoms with Crippen molar-refractivity contribution in [2.45, 2.75) is 6.61 Å². The van der Waals surface area contributed by atoms with Gasteiger partial charge in [0.1, 0.15) is 11.4 Å². The van der Waals surface area contributed by atoms with E-state index in [1.165, 1.54) is 18.2 Å². The molecule has 4 nitrogen and oxygen atoms in total. The van der Waals surface area contributed by atoms with Crippen LogP contribution in [0.2, 0.25) is 0 Å². The van der Waals surface area contributed by atoms with Gasteiger partial charge < -0.3 is 15.0 Å². The topological polar surface area (TPSA) is 54.1 Å². The minimum absolute atomic E-state index is 0.0135. The number of carbonyl (C=O) groups excluding carboxylic acids is 1. The normalized spacial score (nSPS) is 10.5. The summed E-state index contributed by atoms with van der Waals surface area (Å²) in [5, 5.41) is 2.57. The van der Waals surface area contributed by atoms with Gasteiger partial charge in [-0.2, -0.15) is 8.78 Å². The summed E-state index contributed by atoms with van der Waals surface area (Å²) in [7, 11) is 0. The number of hydrogen-bond donors (Lipinski definition) is 2. The Bertz CT molecular complexity index is 587. The first-order valence-electron chi connectivity index (χ1n) is 5.25. The van der Waals surface area contributed by atoms with Crippen molar-refractivity contribution in [2.75, 3.05) is 5.32 Å². The summed E-state index contributed by atoms with van der Waals surface area (Å²) in [6.45, 7) is -2.90. The molecule has 1 heterocycles. The number of ether oxygens (including phenoxy) is 1. The molecular weight excluding hydrogens is 322 g/mol. The fourth-order valence-corrected chi connectivity index (χ4v) is 1.79. The first-order valence-corrected chi connectivity index (χ1v) is 6.04. The van der Waals surface area contributed by atoms with Gasteiger partial charge in [-0.1, -0.05) is 6.07 Å². The summed E-state index contributed by atoms with van der Waals surface area (Å²) in [6.07, 6.45) is 1.62. The summed E-state index contributed by atoms with van der Waals surface area (Å²) in [6, 6.07) is 7.40. The van der Waals surface area contributed by atoms with Gasteiger partial charge >= 0.3 is 6.61 Å². The molecule has 1 aromatic heterocycles. The van der Waals surface area contributed by atoms with E-state index in [0.29, 0.717) is 11.4 Å². The number of nitrogens with one attached hydrogen (secondary N) is 2. The zero-order valence-corrected chi connectivity index (χ0v) is 11.1. The van der Waals surface area contributed by atoms with Crippen LogP contribution in [0.3, 0.4) is 0 Å². The van der Waals surface area contributed by atoms with Gasteiger partial charge in [-0.15, -0.1) is 0 Å². The van der Waals surface area contributed by atoms with Crippen molar-refractivity contribution in [1.82, 2.24) is 4.98 Å². The van der Waals surface area contributed by atoms with Gasteiger partial charge in [-0.3, -0.25) is 4.79 Å². The number of H-pyrrole nitrogens is 1. The van der Waals surface area contributed by atoms with E-state index >= 15 is 0 Å². The van der Waals surface area contributed by atoms with Crippen LogP contribution in [-0.2, 0) is 0 Å². The van der Waals surface area contributed by atoms with Crippen LogP contribution < -0.4 is 10.1 Å². The summed E-state index contributed by atoms with van der Waals surface area (Å²) in [5.41, 5.74) is 0.723. The van der Waals surface area contributed by atoms with Crippen molar-refractivity contribution in [1.29, 1.82) is 0 Å².